The Kier molecular flexibility index (Phi) is 5.56. The van der Waals surface area contributed by atoms with Crippen LogP contribution in [0.25, 0.3) is 0 Å². The van der Waals surface area contributed by atoms with Gasteiger partial charge in [0.1, 0.15) is 10.6 Å². The van der Waals surface area contributed by atoms with Crippen molar-refractivity contribution < 1.29 is 4.74 Å². The number of nitrogens with zero attached hydrogens (tertiary/aromatic N) is 1. The van der Waals surface area contributed by atoms with Gasteiger partial charge in [0.15, 0.2) is 0 Å². The predicted octanol–water partition coefficient (Wildman–Crippen LogP) is 2.96. The largest absolute Gasteiger partial charge is 0.371 e. The van der Waals surface area contributed by atoms with Crippen molar-refractivity contribution in [3.8, 4) is 0 Å². The molecule has 1 rings (SSSR count). The van der Waals surface area contributed by atoms with Crippen LogP contribution in [-0.2, 0) is 16.8 Å². The fourth-order valence-corrected chi connectivity index (χ4v) is 2.80. The molecule has 2 unspecified atom stereocenters. The van der Waals surface area contributed by atoms with Crippen LogP contribution in [0, 0.1) is 0 Å². The summed E-state index contributed by atoms with van der Waals surface area (Å²) in [5.41, 5.74) is 0.930. The van der Waals surface area contributed by atoms with Crippen molar-refractivity contribution in [2.75, 3.05) is 13.7 Å². The van der Waals surface area contributed by atoms with E-state index >= 15 is 0 Å². The van der Waals surface area contributed by atoms with Gasteiger partial charge in [0.05, 0.1) is 5.69 Å². The van der Waals surface area contributed by atoms with Crippen LogP contribution in [0.3, 0.4) is 0 Å². The summed E-state index contributed by atoms with van der Waals surface area (Å²) in [6.45, 7) is 9.55. The van der Waals surface area contributed by atoms with Crippen molar-refractivity contribution in [1.29, 1.82) is 0 Å². The van der Waals surface area contributed by atoms with Crippen molar-refractivity contribution >= 4 is 11.3 Å². The van der Waals surface area contributed by atoms with E-state index in [1.165, 1.54) is 0 Å². The first-order valence-corrected chi connectivity index (χ1v) is 7.17. The number of nitrogens with one attached hydrogen (secondary N) is 1. The van der Waals surface area contributed by atoms with Crippen molar-refractivity contribution in [2.45, 2.75) is 52.2 Å². The number of thiazole rings is 1. The second-order valence-corrected chi connectivity index (χ2v) is 5.45. The smallest absolute Gasteiger partial charge is 0.125 e. The van der Waals surface area contributed by atoms with Crippen LogP contribution in [0.5, 0.6) is 0 Å². The summed E-state index contributed by atoms with van der Waals surface area (Å²) in [5, 5.41) is 6.64. The SMILES string of the molecule is CCNC(C)Cc1csc(C(C)(CC)OC)n1. The van der Waals surface area contributed by atoms with E-state index in [4.69, 9.17) is 9.72 Å². The van der Waals surface area contributed by atoms with Gasteiger partial charge < -0.3 is 10.1 Å². The molecular formula is C13H24N2OS. The maximum atomic E-state index is 5.57. The maximum absolute atomic E-state index is 5.57. The van der Waals surface area contributed by atoms with Crippen LogP contribution in [-0.4, -0.2) is 24.7 Å². The monoisotopic (exact) mass is 256 g/mol. The quantitative estimate of drug-likeness (QED) is 0.814. The van der Waals surface area contributed by atoms with E-state index in [-0.39, 0.29) is 5.60 Å². The minimum atomic E-state index is -0.232. The highest BCUT2D eigenvalue weighted by molar-refractivity contribution is 7.09. The number of ether oxygens (including phenoxy) is 1. The van der Waals surface area contributed by atoms with Gasteiger partial charge in [-0.2, -0.15) is 0 Å². The molecule has 1 N–H and O–H groups in total. The molecule has 17 heavy (non-hydrogen) atoms. The minimum absolute atomic E-state index is 0.232. The molecule has 0 aliphatic rings. The van der Waals surface area contributed by atoms with E-state index < -0.39 is 0 Å². The van der Waals surface area contributed by atoms with E-state index in [9.17, 15) is 0 Å². The van der Waals surface area contributed by atoms with Crippen LogP contribution in [0.1, 0.15) is 44.8 Å². The lowest BCUT2D eigenvalue weighted by Gasteiger charge is -2.23. The summed E-state index contributed by atoms with van der Waals surface area (Å²) in [6.07, 6.45) is 1.92. The average Bonchev–Trinajstić information content (AvgIpc) is 2.77. The van der Waals surface area contributed by atoms with Gasteiger partial charge in [0, 0.05) is 25.0 Å². The summed E-state index contributed by atoms with van der Waals surface area (Å²) < 4.78 is 5.57. The van der Waals surface area contributed by atoms with Crippen LogP contribution < -0.4 is 5.32 Å². The Morgan fingerprint density at radius 2 is 2.24 bits per heavy atom. The van der Waals surface area contributed by atoms with Crippen LogP contribution in [0.4, 0.5) is 0 Å². The molecule has 0 amide bonds. The van der Waals surface area contributed by atoms with Gasteiger partial charge in [0.2, 0.25) is 0 Å². The van der Waals surface area contributed by atoms with Gasteiger partial charge >= 0.3 is 0 Å². The Bertz CT molecular complexity index is 334. The zero-order valence-electron chi connectivity index (χ0n) is 11.5. The fourth-order valence-electron chi connectivity index (χ4n) is 1.76. The Morgan fingerprint density at radius 3 is 2.76 bits per heavy atom. The molecule has 0 bridgehead atoms. The van der Waals surface area contributed by atoms with Crippen molar-refractivity contribution in [3.63, 3.8) is 0 Å². The van der Waals surface area contributed by atoms with Crippen LogP contribution in [0.2, 0.25) is 0 Å². The third kappa shape index (κ3) is 3.76. The molecule has 0 saturated carbocycles. The lowest BCUT2D eigenvalue weighted by molar-refractivity contribution is -0.00167. The lowest BCUT2D eigenvalue weighted by atomic mass is 10.0. The molecule has 0 radical (unpaired) electrons. The highest BCUT2D eigenvalue weighted by atomic mass is 32.1. The number of rotatable bonds is 7. The number of likely N-dealkylation sites (N-methyl/N-ethyl adjacent to an activating group) is 1. The molecule has 1 heterocycles. The first kappa shape index (κ1) is 14.6. The summed E-state index contributed by atoms with van der Waals surface area (Å²) in [6, 6.07) is 0.477. The fraction of sp³-hybridized carbons (Fsp3) is 0.769. The number of hydrogen-bond donors (Lipinski definition) is 1. The molecule has 1 aromatic heterocycles. The molecule has 1 aromatic rings. The van der Waals surface area contributed by atoms with Gasteiger partial charge in [-0.25, -0.2) is 4.98 Å². The first-order chi connectivity index (χ1) is 8.05. The third-order valence-corrected chi connectivity index (χ3v) is 4.33. The average molecular weight is 256 g/mol. The van der Waals surface area contributed by atoms with Crippen LogP contribution in [0.15, 0.2) is 5.38 Å². The number of aromatic nitrogens is 1. The maximum Gasteiger partial charge on any atom is 0.125 e. The molecule has 2 atom stereocenters. The molecule has 0 aliphatic carbocycles. The normalized spacial score (nSPS) is 16.8. The summed E-state index contributed by atoms with van der Waals surface area (Å²) in [5.74, 6) is 0. The summed E-state index contributed by atoms with van der Waals surface area (Å²) in [7, 11) is 1.76. The van der Waals surface area contributed by atoms with E-state index in [0.717, 1.165) is 30.1 Å². The summed E-state index contributed by atoms with van der Waals surface area (Å²) >= 11 is 1.70. The van der Waals surface area contributed by atoms with Crippen LogP contribution >= 0.6 is 11.3 Å². The molecule has 0 aliphatic heterocycles. The molecule has 0 aromatic carbocycles. The Balaban J connectivity index is 2.71. The van der Waals surface area contributed by atoms with Crippen molar-refractivity contribution in [3.05, 3.63) is 16.1 Å². The number of methoxy groups -OCH3 is 1. The lowest BCUT2D eigenvalue weighted by Crippen LogP contribution is -2.28. The van der Waals surface area contributed by atoms with Gasteiger partial charge in [-0.05, 0) is 26.8 Å². The molecule has 0 spiro atoms. The van der Waals surface area contributed by atoms with E-state index in [2.05, 4.69) is 38.4 Å². The molecular weight excluding hydrogens is 232 g/mol. The predicted molar refractivity (Wildman–Crippen MR) is 73.6 cm³/mol. The topological polar surface area (TPSA) is 34.1 Å². The minimum Gasteiger partial charge on any atom is -0.371 e. The van der Waals surface area contributed by atoms with Crippen molar-refractivity contribution in [2.24, 2.45) is 0 Å². The van der Waals surface area contributed by atoms with Crippen molar-refractivity contribution in [1.82, 2.24) is 10.3 Å². The zero-order valence-corrected chi connectivity index (χ0v) is 12.4. The number of hydrogen-bond acceptors (Lipinski definition) is 4. The molecule has 98 valence electrons. The van der Waals surface area contributed by atoms with Gasteiger partial charge in [0.25, 0.3) is 0 Å². The first-order valence-electron chi connectivity index (χ1n) is 6.29. The van der Waals surface area contributed by atoms with Gasteiger partial charge in [-0.15, -0.1) is 11.3 Å². The Hall–Kier alpha value is -0.450. The summed E-state index contributed by atoms with van der Waals surface area (Å²) in [4.78, 5) is 4.70. The highest BCUT2D eigenvalue weighted by Gasteiger charge is 2.27. The third-order valence-electron chi connectivity index (χ3n) is 3.20. The molecule has 0 fully saturated rings. The molecule has 3 nitrogen and oxygen atoms in total. The van der Waals surface area contributed by atoms with E-state index in [1.807, 2.05) is 0 Å². The standard InChI is InChI=1S/C13H24N2OS/c1-6-13(4,16-5)12-15-11(9-17-12)8-10(3)14-7-2/h9-10,14H,6-8H2,1-5H3. The molecule has 0 saturated heterocycles. The molecule has 4 heteroatoms. The van der Waals surface area contributed by atoms with E-state index in [0.29, 0.717) is 6.04 Å². The zero-order chi connectivity index (χ0) is 12.9. The van der Waals surface area contributed by atoms with E-state index in [1.54, 1.807) is 18.4 Å². The van der Waals surface area contributed by atoms with Gasteiger partial charge in [-0.3, -0.25) is 0 Å². The second-order valence-electron chi connectivity index (χ2n) is 4.60. The Labute approximate surface area is 109 Å². The Morgan fingerprint density at radius 1 is 1.53 bits per heavy atom. The van der Waals surface area contributed by atoms with Gasteiger partial charge in [-0.1, -0.05) is 13.8 Å². The highest BCUT2D eigenvalue weighted by Crippen LogP contribution is 2.30. The second kappa shape index (κ2) is 6.47.